The molecule has 5 aromatic carbocycles. The molecular formula is C35H30BNO4. The van der Waals surface area contributed by atoms with Crippen molar-refractivity contribution in [2.45, 2.75) is 38.9 Å². The predicted molar refractivity (Wildman–Crippen MR) is 168 cm³/mol. The number of aliphatic hydroxyl groups is 1. The number of aromatic nitrogens is 1. The lowest BCUT2D eigenvalue weighted by atomic mass is 9.80. The summed E-state index contributed by atoms with van der Waals surface area (Å²) in [4.78, 5) is 4.81. The van der Waals surface area contributed by atoms with Crippen molar-refractivity contribution in [2.75, 3.05) is 0 Å². The Bertz CT molecular complexity index is 2080. The predicted octanol–water partition coefficient (Wildman–Crippen LogP) is 7.76. The van der Waals surface area contributed by atoms with Crippen molar-refractivity contribution < 1.29 is 18.6 Å². The molecule has 0 aliphatic carbocycles. The number of benzene rings is 5. The molecule has 7 aromatic rings. The van der Waals surface area contributed by atoms with Gasteiger partial charge in [0, 0.05) is 21.7 Å². The molecule has 202 valence electrons. The van der Waals surface area contributed by atoms with Crippen LogP contribution in [0.3, 0.4) is 0 Å². The zero-order valence-electron chi connectivity index (χ0n) is 23.6. The van der Waals surface area contributed by atoms with Crippen LogP contribution in [0.1, 0.15) is 27.7 Å². The maximum Gasteiger partial charge on any atom is 0.310 e. The van der Waals surface area contributed by atoms with Crippen molar-refractivity contribution in [3.8, 4) is 22.6 Å². The van der Waals surface area contributed by atoms with E-state index in [0.29, 0.717) is 13.4 Å². The molecule has 0 atom stereocenters. The van der Waals surface area contributed by atoms with Gasteiger partial charge in [0.15, 0.2) is 5.58 Å². The lowest BCUT2D eigenvalue weighted by Crippen LogP contribution is -2.49. The number of fused-ring (bicyclic) bond motifs is 6. The summed E-state index contributed by atoms with van der Waals surface area (Å²) in [6, 6.07) is 32.9. The van der Waals surface area contributed by atoms with Crippen molar-refractivity contribution in [1.29, 1.82) is 0 Å². The van der Waals surface area contributed by atoms with Crippen molar-refractivity contribution in [3.05, 3.63) is 97.1 Å². The largest absolute Gasteiger partial charge is 0.456 e. The first-order valence-electron chi connectivity index (χ1n) is 13.9. The fourth-order valence-electron chi connectivity index (χ4n) is 5.25. The molecule has 0 aliphatic heterocycles. The van der Waals surface area contributed by atoms with Crippen LogP contribution in [0.15, 0.2) is 106 Å². The first kappa shape index (κ1) is 25.6. The van der Waals surface area contributed by atoms with Gasteiger partial charge in [0.2, 0.25) is 5.89 Å². The molecule has 2 heterocycles. The average Bonchev–Trinajstić information content (AvgIpc) is 3.57. The minimum Gasteiger partial charge on any atom is -0.456 e. The van der Waals surface area contributed by atoms with Crippen LogP contribution in [-0.4, -0.2) is 28.8 Å². The topological polar surface area (TPSA) is 68.6 Å². The van der Waals surface area contributed by atoms with E-state index in [1.165, 1.54) is 0 Å². The lowest BCUT2D eigenvalue weighted by Gasteiger charge is -2.37. The van der Waals surface area contributed by atoms with Gasteiger partial charge in [-0.3, -0.25) is 0 Å². The van der Waals surface area contributed by atoms with E-state index >= 15 is 0 Å². The Hall–Kier alpha value is -4.39. The third-order valence-corrected chi connectivity index (χ3v) is 8.37. The van der Waals surface area contributed by atoms with Crippen LogP contribution in [0.2, 0.25) is 0 Å². The zero-order chi connectivity index (χ0) is 28.4. The first-order chi connectivity index (χ1) is 19.7. The van der Waals surface area contributed by atoms with Gasteiger partial charge in [-0.25, -0.2) is 4.98 Å². The summed E-state index contributed by atoms with van der Waals surface area (Å²) < 4.78 is 18.8. The van der Waals surface area contributed by atoms with E-state index < -0.39 is 11.2 Å². The Balaban J connectivity index is 1.28. The maximum absolute atomic E-state index is 10.6. The maximum atomic E-state index is 10.6. The van der Waals surface area contributed by atoms with Crippen LogP contribution in [0.5, 0.6) is 0 Å². The smallest absolute Gasteiger partial charge is 0.310 e. The van der Waals surface area contributed by atoms with Gasteiger partial charge in [-0.2, -0.15) is 0 Å². The number of furan rings is 1. The number of oxazole rings is 1. The number of hydrogen-bond acceptors (Lipinski definition) is 5. The second kappa shape index (κ2) is 9.33. The second-order valence-electron chi connectivity index (χ2n) is 11.7. The summed E-state index contributed by atoms with van der Waals surface area (Å²) in [5.74, 6) is 0.599. The quantitative estimate of drug-likeness (QED) is 0.219. The molecule has 1 N–H and O–H groups in total. The van der Waals surface area contributed by atoms with Gasteiger partial charge in [0.25, 0.3) is 0 Å². The Morgan fingerprint density at radius 1 is 0.707 bits per heavy atom. The molecule has 0 saturated heterocycles. The lowest BCUT2D eigenvalue weighted by molar-refractivity contribution is -0.0893. The van der Waals surface area contributed by atoms with Crippen molar-refractivity contribution >= 4 is 56.8 Å². The molecule has 41 heavy (non-hydrogen) atoms. The van der Waals surface area contributed by atoms with Crippen LogP contribution in [0.25, 0.3) is 66.4 Å². The number of nitrogens with zero attached hydrogens (tertiary/aromatic N) is 1. The fraction of sp³-hybridized carbons (Fsp3) is 0.171. The van der Waals surface area contributed by atoms with E-state index in [0.717, 1.165) is 66.0 Å². The molecule has 0 fully saturated rings. The fourth-order valence-corrected chi connectivity index (χ4v) is 5.25. The molecule has 0 bridgehead atoms. The van der Waals surface area contributed by atoms with Crippen molar-refractivity contribution in [3.63, 3.8) is 0 Å². The van der Waals surface area contributed by atoms with E-state index in [-0.39, 0.29) is 0 Å². The molecule has 0 radical (unpaired) electrons. The average molecular weight is 539 g/mol. The van der Waals surface area contributed by atoms with E-state index in [4.69, 9.17) is 18.5 Å². The third kappa shape index (κ3) is 4.40. The minimum absolute atomic E-state index is 0.356. The Morgan fingerprint density at radius 2 is 1.49 bits per heavy atom. The van der Waals surface area contributed by atoms with Gasteiger partial charge in [0.05, 0.1) is 11.2 Å². The first-order valence-corrected chi connectivity index (χ1v) is 13.9. The van der Waals surface area contributed by atoms with E-state index in [2.05, 4.69) is 48.5 Å². The summed E-state index contributed by atoms with van der Waals surface area (Å²) in [6.45, 7) is 7.35. The van der Waals surface area contributed by atoms with Gasteiger partial charge in [-0.05, 0) is 86.1 Å². The highest BCUT2D eigenvalue weighted by atomic mass is 16.5. The molecule has 0 spiro atoms. The van der Waals surface area contributed by atoms with Crippen LogP contribution < -0.4 is 5.46 Å². The Kier molecular flexibility index (Phi) is 5.82. The second-order valence-corrected chi connectivity index (χ2v) is 11.7. The van der Waals surface area contributed by atoms with Gasteiger partial charge in [0.1, 0.15) is 16.7 Å². The number of rotatable bonds is 6. The minimum atomic E-state index is -0.987. The van der Waals surface area contributed by atoms with E-state index in [1.807, 2.05) is 62.4 Å². The van der Waals surface area contributed by atoms with E-state index in [9.17, 15) is 5.11 Å². The molecular weight excluding hydrogens is 509 g/mol. The molecule has 0 aliphatic rings. The standard InChI is InChI=1S/C35H30BNO4/c1-34(2,38)35(3,4)41-36-27-13-8-14-30-31(27)26-20-23(16-18-29(26)39-30)22-10-7-11-24(19-22)33-37-28-17-15-21-9-5-6-12-25(21)32(28)40-33/h5-20,36,38H,1-4H3. The molecule has 0 saturated carbocycles. The molecule has 0 unspecified atom stereocenters. The summed E-state index contributed by atoms with van der Waals surface area (Å²) in [5, 5.41) is 14.8. The van der Waals surface area contributed by atoms with Gasteiger partial charge in [-0.1, -0.05) is 60.7 Å². The van der Waals surface area contributed by atoms with Gasteiger partial charge in [-0.15, -0.1) is 0 Å². The Morgan fingerprint density at radius 3 is 2.34 bits per heavy atom. The van der Waals surface area contributed by atoms with Crippen molar-refractivity contribution in [2.24, 2.45) is 0 Å². The summed E-state index contributed by atoms with van der Waals surface area (Å²) in [7, 11) is 0.356. The summed E-state index contributed by atoms with van der Waals surface area (Å²) in [5.41, 5.74) is 5.63. The van der Waals surface area contributed by atoms with Crippen LogP contribution in [0.4, 0.5) is 0 Å². The molecule has 0 amide bonds. The molecule has 7 rings (SSSR count). The highest BCUT2D eigenvalue weighted by Crippen LogP contribution is 2.35. The number of hydrogen-bond donors (Lipinski definition) is 1. The molecule has 5 nitrogen and oxygen atoms in total. The summed E-state index contributed by atoms with van der Waals surface area (Å²) in [6.07, 6.45) is 0. The third-order valence-electron chi connectivity index (χ3n) is 8.37. The normalized spacial score (nSPS) is 12.6. The van der Waals surface area contributed by atoms with Gasteiger partial charge >= 0.3 is 7.48 Å². The van der Waals surface area contributed by atoms with Gasteiger partial charge < -0.3 is 18.6 Å². The molecule has 2 aromatic heterocycles. The van der Waals surface area contributed by atoms with Crippen LogP contribution in [-0.2, 0) is 4.65 Å². The zero-order valence-corrected chi connectivity index (χ0v) is 23.6. The SMILES string of the molecule is CC(C)(O)C(C)(C)OBc1cccc2oc3ccc(-c4cccc(-c5nc6ccc7ccccc7c6o5)c4)cc3c12. The summed E-state index contributed by atoms with van der Waals surface area (Å²) >= 11 is 0. The van der Waals surface area contributed by atoms with Crippen LogP contribution >= 0.6 is 0 Å². The highest BCUT2D eigenvalue weighted by Gasteiger charge is 2.36. The highest BCUT2D eigenvalue weighted by molar-refractivity contribution is 6.52. The van der Waals surface area contributed by atoms with Crippen LogP contribution in [0, 0.1) is 0 Å². The monoisotopic (exact) mass is 539 g/mol. The van der Waals surface area contributed by atoms with E-state index in [1.54, 1.807) is 13.8 Å². The Labute approximate surface area is 238 Å². The molecule has 6 heteroatoms. The van der Waals surface area contributed by atoms with Crippen molar-refractivity contribution in [1.82, 2.24) is 4.98 Å².